The average Bonchev–Trinajstić information content (AvgIpc) is 2.40. The van der Waals surface area contributed by atoms with Crippen LogP contribution in [0, 0.1) is 0 Å². The van der Waals surface area contributed by atoms with E-state index in [-0.39, 0.29) is 0 Å². The maximum atomic E-state index is 11.4. The van der Waals surface area contributed by atoms with Gasteiger partial charge in [-0.2, -0.15) is 0 Å². The number of fused-ring (bicyclic) bond motifs is 1. The van der Waals surface area contributed by atoms with Crippen LogP contribution in [-0.4, -0.2) is 39.8 Å². The number of thioether (sulfide) groups is 1. The van der Waals surface area contributed by atoms with Gasteiger partial charge in [0.2, 0.25) is 0 Å². The topological polar surface area (TPSA) is 94.7 Å². The molecule has 0 atom stereocenters. The van der Waals surface area contributed by atoms with E-state index in [1.165, 1.54) is 11.8 Å². The van der Waals surface area contributed by atoms with E-state index in [0.29, 0.717) is 22.1 Å². The largest absolute Gasteiger partial charge is 0.361 e. The summed E-state index contributed by atoms with van der Waals surface area (Å²) in [5.41, 5.74) is -0.604. The first-order valence-corrected chi connectivity index (χ1v) is 7.36. The lowest BCUT2D eigenvalue weighted by atomic mass is 10.4. The van der Waals surface area contributed by atoms with Crippen LogP contribution in [0.3, 0.4) is 0 Å². The van der Waals surface area contributed by atoms with Gasteiger partial charge >= 0.3 is 11.1 Å². The zero-order valence-corrected chi connectivity index (χ0v) is 12.5. The fourth-order valence-electron chi connectivity index (χ4n) is 1.67. The van der Waals surface area contributed by atoms with Gasteiger partial charge in [0.1, 0.15) is 5.52 Å². The first-order chi connectivity index (χ1) is 9.52. The van der Waals surface area contributed by atoms with Crippen molar-refractivity contribution < 1.29 is 0 Å². The molecule has 20 heavy (non-hydrogen) atoms. The summed E-state index contributed by atoms with van der Waals surface area (Å²) in [4.78, 5) is 38.4. The third-order valence-electron chi connectivity index (χ3n) is 2.70. The van der Waals surface area contributed by atoms with E-state index >= 15 is 0 Å². The Morgan fingerprint density at radius 2 is 1.85 bits per heavy atom. The van der Waals surface area contributed by atoms with Crippen LogP contribution in [0.2, 0.25) is 0 Å². The number of hydrogen-bond acceptors (Lipinski definition) is 6. The Hall–Kier alpha value is -1.83. The Labute approximate surface area is 119 Å². The Morgan fingerprint density at radius 3 is 2.50 bits per heavy atom. The highest BCUT2D eigenvalue weighted by molar-refractivity contribution is 7.99. The van der Waals surface area contributed by atoms with E-state index < -0.39 is 11.1 Å². The first kappa shape index (κ1) is 14.6. The average molecular weight is 295 g/mol. The molecular weight excluding hydrogens is 278 g/mol. The number of unbranched alkanes of at least 4 members (excludes halogenated alkanes) is 1. The highest BCUT2D eigenvalue weighted by Gasteiger charge is 2.12. The van der Waals surface area contributed by atoms with Gasteiger partial charge in [-0.1, -0.05) is 25.1 Å². The van der Waals surface area contributed by atoms with Crippen LogP contribution in [0.15, 0.2) is 14.7 Å². The van der Waals surface area contributed by atoms with Crippen LogP contribution in [0.1, 0.15) is 19.8 Å². The highest BCUT2D eigenvalue weighted by atomic mass is 32.2. The molecule has 0 unspecified atom stereocenters. The lowest BCUT2D eigenvalue weighted by Crippen LogP contribution is -2.30. The number of nitrogens with zero attached hydrogens (tertiary/aromatic N) is 3. The van der Waals surface area contributed by atoms with Gasteiger partial charge in [0.05, 0.1) is 0 Å². The summed E-state index contributed by atoms with van der Waals surface area (Å²) in [5, 5.41) is 0.595. The summed E-state index contributed by atoms with van der Waals surface area (Å²) in [6.07, 6.45) is 2.18. The Balaban J connectivity index is 2.55. The lowest BCUT2D eigenvalue weighted by Gasteiger charge is -2.14. The van der Waals surface area contributed by atoms with Gasteiger partial charge in [0, 0.05) is 19.8 Å². The van der Waals surface area contributed by atoms with Crippen LogP contribution < -0.4 is 16.0 Å². The second kappa shape index (κ2) is 6.08. The van der Waals surface area contributed by atoms with Crippen molar-refractivity contribution in [1.82, 2.24) is 19.9 Å². The van der Waals surface area contributed by atoms with Gasteiger partial charge in [-0.25, -0.2) is 9.97 Å². The maximum Gasteiger partial charge on any atom is 0.315 e. The molecule has 2 rings (SSSR count). The third-order valence-corrected chi connectivity index (χ3v) is 3.63. The van der Waals surface area contributed by atoms with Crippen LogP contribution in [0.4, 0.5) is 5.82 Å². The summed E-state index contributed by atoms with van der Waals surface area (Å²) in [6, 6.07) is 0. The highest BCUT2D eigenvalue weighted by Crippen LogP contribution is 2.22. The summed E-state index contributed by atoms with van der Waals surface area (Å²) in [5.74, 6) is 1.50. The van der Waals surface area contributed by atoms with Gasteiger partial charge in [-0.05, 0) is 6.42 Å². The summed E-state index contributed by atoms with van der Waals surface area (Å²) >= 11 is 1.54. The molecule has 0 bridgehead atoms. The minimum absolute atomic E-state index is 0.354. The number of aromatic amines is 2. The standard InChI is InChI=1S/C12H17N5O2S/c1-4-5-6-20-12-15-8-7(9(16-12)17(2)3)13-10(18)11(19)14-8/h4-6H2,1-3H3,(H,13,18)(H,14,15,16,19). The van der Waals surface area contributed by atoms with Crippen molar-refractivity contribution in [2.24, 2.45) is 0 Å². The van der Waals surface area contributed by atoms with E-state index in [2.05, 4.69) is 26.9 Å². The minimum Gasteiger partial charge on any atom is -0.361 e. The number of anilines is 1. The molecule has 0 saturated heterocycles. The molecule has 2 aromatic rings. The molecule has 8 heteroatoms. The zero-order chi connectivity index (χ0) is 14.7. The molecule has 0 aliphatic rings. The van der Waals surface area contributed by atoms with E-state index in [1.54, 1.807) is 4.90 Å². The van der Waals surface area contributed by atoms with Gasteiger partial charge in [-0.15, -0.1) is 0 Å². The molecule has 0 saturated carbocycles. The molecule has 0 spiro atoms. The number of rotatable bonds is 5. The van der Waals surface area contributed by atoms with Crippen LogP contribution >= 0.6 is 11.8 Å². The normalized spacial score (nSPS) is 10.9. The van der Waals surface area contributed by atoms with Crippen molar-refractivity contribution in [3.63, 3.8) is 0 Å². The number of nitrogens with one attached hydrogen (secondary N) is 2. The maximum absolute atomic E-state index is 11.4. The van der Waals surface area contributed by atoms with E-state index in [0.717, 1.165) is 18.6 Å². The molecule has 108 valence electrons. The Kier molecular flexibility index (Phi) is 4.43. The molecule has 7 nitrogen and oxygen atoms in total. The van der Waals surface area contributed by atoms with E-state index in [4.69, 9.17) is 0 Å². The summed E-state index contributed by atoms with van der Waals surface area (Å²) < 4.78 is 0. The monoisotopic (exact) mass is 295 g/mol. The summed E-state index contributed by atoms with van der Waals surface area (Å²) in [7, 11) is 3.65. The number of H-pyrrole nitrogens is 2. The van der Waals surface area contributed by atoms with Crippen molar-refractivity contribution in [3.8, 4) is 0 Å². The van der Waals surface area contributed by atoms with Crippen molar-refractivity contribution in [3.05, 3.63) is 20.7 Å². The molecule has 0 aliphatic heterocycles. The molecule has 0 fully saturated rings. The smallest absolute Gasteiger partial charge is 0.315 e. The van der Waals surface area contributed by atoms with Crippen LogP contribution in [0.5, 0.6) is 0 Å². The third kappa shape index (κ3) is 3.01. The first-order valence-electron chi connectivity index (χ1n) is 6.37. The Bertz CT molecular complexity index is 722. The predicted octanol–water partition coefficient (Wildman–Crippen LogP) is 0.965. The van der Waals surface area contributed by atoms with Crippen molar-refractivity contribution in [2.75, 3.05) is 24.7 Å². The molecule has 0 amide bonds. The van der Waals surface area contributed by atoms with Crippen molar-refractivity contribution in [2.45, 2.75) is 24.9 Å². The van der Waals surface area contributed by atoms with Crippen molar-refractivity contribution in [1.29, 1.82) is 0 Å². The zero-order valence-electron chi connectivity index (χ0n) is 11.7. The van der Waals surface area contributed by atoms with Crippen LogP contribution in [0.25, 0.3) is 11.2 Å². The van der Waals surface area contributed by atoms with Crippen molar-refractivity contribution >= 4 is 28.7 Å². The molecule has 2 aromatic heterocycles. The second-order valence-electron chi connectivity index (χ2n) is 4.56. The number of hydrogen-bond donors (Lipinski definition) is 2. The molecule has 2 N–H and O–H groups in total. The fourth-order valence-corrected chi connectivity index (χ4v) is 2.59. The van der Waals surface area contributed by atoms with Crippen LogP contribution in [-0.2, 0) is 0 Å². The molecule has 0 aromatic carbocycles. The molecule has 0 radical (unpaired) electrons. The van der Waals surface area contributed by atoms with Gasteiger partial charge in [0.15, 0.2) is 16.6 Å². The SMILES string of the molecule is CCCCSc1nc(N(C)C)c2[nH]c(=O)c(=O)[nH]c2n1. The van der Waals surface area contributed by atoms with Gasteiger partial charge in [-0.3, -0.25) is 9.59 Å². The van der Waals surface area contributed by atoms with E-state index in [1.807, 2.05) is 14.1 Å². The fraction of sp³-hybridized carbons (Fsp3) is 0.500. The quantitative estimate of drug-likeness (QED) is 0.369. The molecular formula is C12H17N5O2S. The van der Waals surface area contributed by atoms with E-state index in [9.17, 15) is 9.59 Å². The minimum atomic E-state index is -0.703. The molecule has 2 heterocycles. The van der Waals surface area contributed by atoms with Gasteiger partial charge < -0.3 is 14.9 Å². The summed E-state index contributed by atoms with van der Waals surface area (Å²) in [6.45, 7) is 2.12. The lowest BCUT2D eigenvalue weighted by molar-refractivity contribution is 0.885. The van der Waals surface area contributed by atoms with Gasteiger partial charge in [0.25, 0.3) is 0 Å². The molecule has 0 aliphatic carbocycles. The second-order valence-corrected chi connectivity index (χ2v) is 5.62. The predicted molar refractivity (Wildman–Crippen MR) is 80.7 cm³/mol. The Morgan fingerprint density at radius 1 is 1.15 bits per heavy atom. The number of aromatic nitrogens is 4.